The maximum atomic E-state index is 13.4. The molecular weight excluding hydrogens is 583 g/mol. The summed E-state index contributed by atoms with van der Waals surface area (Å²) in [5.74, 6) is -1.35. The molecule has 0 unspecified atom stereocenters. The second-order valence-corrected chi connectivity index (χ2v) is 14.8. The van der Waals surface area contributed by atoms with Gasteiger partial charge in [-0.2, -0.15) is 0 Å². The SMILES string of the molecule is Cc1c(OBOc2c(C(=O)OC(C)(C)C)c(C)n(C(=O)OC(C)(C)C)c2C)c(C(=O)OC(C)(C)C)c(C)n1C(=O)OC(C)(C)C. The first-order chi connectivity index (χ1) is 20.1. The fraction of sp³-hybridized carbons (Fsp3) is 0.625. The van der Waals surface area contributed by atoms with Crippen LogP contribution < -0.4 is 9.31 Å². The summed E-state index contributed by atoms with van der Waals surface area (Å²) in [6.07, 6.45) is -1.41. The molecule has 250 valence electrons. The van der Waals surface area contributed by atoms with Gasteiger partial charge in [0.25, 0.3) is 0 Å². The molecule has 0 aliphatic carbocycles. The number of esters is 2. The quantitative estimate of drug-likeness (QED) is 0.192. The molecule has 2 aromatic heterocycles. The van der Waals surface area contributed by atoms with Gasteiger partial charge in [0.15, 0.2) is 0 Å². The second kappa shape index (κ2) is 12.8. The topological polar surface area (TPSA) is 134 Å². The Labute approximate surface area is 266 Å². The lowest BCUT2D eigenvalue weighted by molar-refractivity contribution is 0.00544. The van der Waals surface area contributed by atoms with Crippen molar-refractivity contribution in [2.45, 2.75) is 133 Å². The summed E-state index contributed by atoms with van der Waals surface area (Å²) in [6.45, 7) is 27.1. The van der Waals surface area contributed by atoms with E-state index < -0.39 is 54.2 Å². The van der Waals surface area contributed by atoms with Crippen molar-refractivity contribution in [3.05, 3.63) is 33.9 Å². The predicted molar refractivity (Wildman–Crippen MR) is 170 cm³/mol. The highest BCUT2D eigenvalue weighted by Gasteiger charge is 2.35. The van der Waals surface area contributed by atoms with E-state index in [4.69, 9.17) is 28.3 Å². The maximum absolute atomic E-state index is 13.4. The zero-order valence-electron chi connectivity index (χ0n) is 29.7. The number of ether oxygens (including phenoxy) is 4. The normalized spacial score (nSPS) is 12.4. The molecule has 12 nitrogen and oxygen atoms in total. The Morgan fingerprint density at radius 1 is 0.467 bits per heavy atom. The van der Waals surface area contributed by atoms with Gasteiger partial charge in [0.2, 0.25) is 0 Å². The Kier molecular flexibility index (Phi) is 10.6. The molecule has 2 rings (SSSR count). The third kappa shape index (κ3) is 9.55. The van der Waals surface area contributed by atoms with Crippen LogP contribution in [0.15, 0.2) is 0 Å². The Balaban J connectivity index is 2.62. The molecule has 0 aromatic carbocycles. The van der Waals surface area contributed by atoms with Gasteiger partial charge in [0.1, 0.15) is 45.0 Å². The van der Waals surface area contributed by atoms with E-state index in [9.17, 15) is 19.2 Å². The fourth-order valence-corrected chi connectivity index (χ4v) is 4.42. The summed E-state index contributed by atoms with van der Waals surface area (Å²) in [4.78, 5) is 53.0. The molecule has 0 N–H and O–H groups in total. The van der Waals surface area contributed by atoms with E-state index in [0.29, 0.717) is 0 Å². The van der Waals surface area contributed by atoms with Crippen LogP contribution in [0.4, 0.5) is 9.59 Å². The van der Waals surface area contributed by atoms with E-state index in [2.05, 4.69) is 0 Å². The lowest BCUT2D eigenvalue weighted by atomic mass is 10.1. The fourth-order valence-electron chi connectivity index (χ4n) is 4.42. The Morgan fingerprint density at radius 3 is 0.978 bits per heavy atom. The zero-order valence-corrected chi connectivity index (χ0v) is 29.7. The number of rotatable bonds is 6. The molecule has 0 fully saturated rings. The van der Waals surface area contributed by atoms with Gasteiger partial charge in [0, 0.05) is 11.4 Å². The van der Waals surface area contributed by atoms with E-state index >= 15 is 0 Å². The van der Waals surface area contributed by atoms with Crippen molar-refractivity contribution in [3.8, 4) is 11.5 Å². The van der Waals surface area contributed by atoms with Gasteiger partial charge in [-0.3, -0.25) is 0 Å². The Morgan fingerprint density at radius 2 is 0.733 bits per heavy atom. The van der Waals surface area contributed by atoms with Crippen LogP contribution in [0.5, 0.6) is 11.5 Å². The van der Waals surface area contributed by atoms with Crippen molar-refractivity contribution in [3.63, 3.8) is 0 Å². The summed E-state index contributed by atoms with van der Waals surface area (Å²) in [5, 5.41) is 0. The Hall–Kier alpha value is -3.90. The molecule has 0 spiro atoms. The summed E-state index contributed by atoms with van der Waals surface area (Å²) < 4.78 is 36.8. The Bertz CT molecular complexity index is 1360. The van der Waals surface area contributed by atoms with Gasteiger partial charge >= 0.3 is 31.8 Å². The van der Waals surface area contributed by atoms with Crippen LogP contribution in [-0.2, 0) is 18.9 Å². The molecule has 0 radical (unpaired) electrons. The summed E-state index contributed by atoms with van der Waals surface area (Å²) in [6, 6.07) is 0. The molecule has 0 aliphatic heterocycles. The van der Waals surface area contributed by atoms with E-state index in [1.807, 2.05) is 0 Å². The van der Waals surface area contributed by atoms with Gasteiger partial charge in [-0.25, -0.2) is 28.3 Å². The standard InChI is InChI=1S/C32H49BN2O10/c1-17-21(25(36)40-29(5,6)7)23(19(3)34(17)27(38)42-31(11,12)13)44-33-45-24-20(4)35(28(39)43-32(14,15)16)18(2)22(24)26(37)41-30(8,9)10/h33H,1-16H3. The van der Waals surface area contributed by atoms with Crippen LogP contribution in [0.1, 0.15) is 127 Å². The molecule has 2 aromatic rings. The van der Waals surface area contributed by atoms with Crippen LogP contribution in [0, 0.1) is 27.7 Å². The van der Waals surface area contributed by atoms with Crippen molar-refractivity contribution in [1.82, 2.24) is 9.13 Å². The van der Waals surface area contributed by atoms with Gasteiger partial charge in [0.05, 0.1) is 11.4 Å². The molecule has 2 heterocycles. The van der Waals surface area contributed by atoms with Crippen LogP contribution in [-0.4, -0.2) is 63.3 Å². The average molecular weight is 633 g/mol. The van der Waals surface area contributed by atoms with Crippen LogP contribution >= 0.6 is 0 Å². The van der Waals surface area contributed by atoms with Gasteiger partial charge in [-0.05, 0) is 111 Å². The third-order valence-electron chi connectivity index (χ3n) is 5.94. The summed E-state index contributed by atoms with van der Waals surface area (Å²) in [5.41, 5.74) is -2.17. The smallest absolute Gasteiger partial charge is 0.527 e. The monoisotopic (exact) mass is 632 g/mol. The highest BCUT2D eigenvalue weighted by atomic mass is 16.6. The minimum Gasteiger partial charge on any atom is -0.527 e. The molecular formula is C32H49BN2O10. The average Bonchev–Trinajstić information content (AvgIpc) is 3.17. The van der Waals surface area contributed by atoms with Crippen molar-refractivity contribution < 1.29 is 47.4 Å². The lowest BCUT2D eigenvalue weighted by Gasteiger charge is -2.21. The van der Waals surface area contributed by atoms with E-state index in [1.165, 1.54) is 9.13 Å². The van der Waals surface area contributed by atoms with Gasteiger partial charge in [-0.15, -0.1) is 0 Å². The number of nitrogens with zero attached hydrogens (tertiary/aromatic N) is 2. The van der Waals surface area contributed by atoms with Crippen molar-refractivity contribution in [2.75, 3.05) is 0 Å². The zero-order chi connectivity index (χ0) is 35.0. The van der Waals surface area contributed by atoms with Crippen molar-refractivity contribution in [2.24, 2.45) is 0 Å². The number of carbonyl (C=O) groups is 4. The first-order valence-corrected chi connectivity index (χ1v) is 14.8. The molecule has 0 saturated heterocycles. The van der Waals surface area contributed by atoms with Crippen LogP contribution in [0.25, 0.3) is 0 Å². The minimum absolute atomic E-state index is 0.0171. The van der Waals surface area contributed by atoms with Gasteiger partial charge in [-0.1, -0.05) is 0 Å². The van der Waals surface area contributed by atoms with Gasteiger partial charge < -0.3 is 28.3 Å². The van der Waals surface area contributed by atoms with E-state index in [-0.39, 0.29) is 45.4 Å². The number of hydrogen-bond acceptors (Lipinski definition) is 10. The van der Waals surface area contributed by atoms with Crippen LogP contribution in [0.3, 0.4) is 0 Å². The van der Waals surface area contributed by atoms with Crippen molar-refractivity contribution in [1.29, 1.82) is 0 Å². The van der Waals surface area contributed by atoms with Crippen LogP contribution in [0.2, 0.25) is 0 Å². The number of hydrogen-bond donors (Lipinski definition) is 0. The number of aromatic nitrogens is 2. The highest BCUT2D eigenvalue weighted by Crippen LogP contribution is 2.35. The number of carbonyl (C=O) groups excluding carboxylic acids is 4. The lowest BCUT2D eigenvalue weighted by Crippen LogP contribution is -2.28. The summed E-state index contributed by atoms with van der Waals surface area (Å²) >= 11 is 0. The van der Waals surface area contributed by atoms with E-state index in [0.717, 1.165) is 0 Å². The molecule has 0 amide bonds. The molecule has 0 atom stereocenters. The predicted octanol–water partition coefficient (Wildman–Crippen LogP) is 6.72. The molecule has 45 heavy (non-hydrogen) atoms. The summed E-state index contributed by atoms with van der Waals surface area (Å²) in [7, 11) is -0.511. The second-order valence-electron chi connectivity index (χ2n) is 14.8. The third-order valence-corrected chi connectivity index (χ3v) is 5.94. The molecule has 0 saturated carbocycles. The largest absolute Gasteiger partial charge is 0.576 e. The van der Waals surface area contributed by atoms with Crippen molar-refractivity contribution >= 4 is 31.8 Å². The molecule has 0 aliphatic rings. The first-order valence-electron chi connectivity index (χ1n) is 14.8. The highest BCUT2D eigenvalue weighted by molar-refractivity contribution is 6.22. The molecule has 0 bridgehead atoms. The van der Waals surface area contributed by atoms with E-state index in [1.54, 1.807) is 111 Å². The molecule has 13 heteroatoms. The maximum Gasteiger partial charge on any atom is 0.576 e. The minimum atomic E-state index is -0.833. The first kappa shape index (κ1) is 37.3.